The largest absolute Gasteiger partial charge is 0.493 e. The van der Waals surface area contributed by atoms with Crippen molar-refractivity contribution in [2.75, 3.05) is 20.8 Å². The van der Waals surface area contributed by atoms with E-state index >= 15 is 0 Å². The van der Waals surface area contributed by atoms with Gasteiger partial charge in [0.1, 0.15) is 0 Å². The lowest BCUT2D eigenvalue weighted by atomic mass is 9.86. The highest BCUT2D eigenvalue weighted by molar-refractivity contribution is 5.76. The number of hydrogen-bond donors (Lipinski definition) is 0. The highest BCUT2D eigenvalue weighted by Crippen LogP contribution is 2.29. The summed E-state index contributed by atoms with van der Waals surface area (Å²) in [6.07, 6.45) is 8.35. The molecule has 24 heavy (non-hydrogen) atoms. The second-order valence-corrected chi connectivity index (χ2v) is 6.64. The van der Waals surface area contributed by atoms with Gasteiger partial charge in [-0.2, -0.15) is 0 Å². The Balaban J connectivity index is 1.91. The fourth-order valence-corrected chi connectivity index (χ4v) is 3.54. The average Bonchev–Trinajstić information content (AvgIpc) is 2.64. The molecule has 0 atom stereocenters. The van der Waals surface area contributed by atoms with Crippen molar-refractivity contribution in [2.24, 2.45) is 5.92 Å². The van der Waals surface area contributed by atoms with Gasteiger partial charge in [0.05, 0.1) is 14.2 Å². The minimum absolute atomic E-state index is 0.262. The number of amides is 1. The molecule has 1 saturated carbocycles. The fourth-order valence-electron chi connectivity index (χ4n) is 3.54. The molecule has 1 aromatic carbocycles. The second kappa shape index (κ2) is 9.55. The van der Waals surface area contributed by atoms with E-state index in [2.05, 4.69) is 0 Å². The molecule has 1 aliphatic rings. The zero-order valence-electron chi connectivity index (χ0n) is 15.3. The first-order valence-corrected chi connectivity index (χ1v) is 9.16. The Morgan fingerprint density at radius 3 is 2.46 bits per heavy atom. The average molecular weight is 333 g/mol. The molecule has 0 spiro atoms. The Morgan fingerprint density at radius 1 is 1.12 bits per heavy atom. The van der Waals surface area contributed by atoms with Crippen molar-refractivity contribution in [3.63, 3.8) is 0 Å². The van der Waals surface area contributed by atoms with Gasteiger partial charge < -0.3 is 14.4 Å². The van der Waals surface area contributed by atoms with Crippen molar-refractivity contribution < 1.29 is 14.3 Å². The molecule has 1 amide bonds. The van der Waals surface area contributed by atoms with Crippen LogP contribution in [0.2, 0.25) is 0 Å². The van der Waals surface area contributed by atoms with E-state index in [0.29, 0.717) is 24.5 Å². The zero-order chi connectivity index (χ0) is 17.4. The van der Waals surface area contributed by atoms with Crippen molar-refractivity contribution in [3.8, 4) is 11.5 Å². The van der Waals surface area contributed by atoms with E-state index in [1.165, 1.54) is 32.1 Å². The van der Waals surface area contributed by atoms with Crippen LogP contribution in [-0.2, 0) is 11.3 Å². The predicted molar refractivity (Wildman–Crippen MR) is 96.4 cm³/mol. The summed E-state index contributed by atoms with van der Waals surface area (Å²) in [5, 5.41) is 0. The van der Waals surface area contributed by atoms with Gasteiger partial charge in [0.15, 0.2) is 11.5 Å². The van der Waals surface area contributed by atoms with E-state index in [-0.39, 0.29) is 5.91 Å². The van der Waals surface area contributed by atoms with Gasteiger partial charge >= 0.3 is 0 Å². The number of methoxy groups -OCH3 is 2. The molecule has 0 bridgehead atoms. The maximum absolute atomic E-state index is 12.6. The Bertz CT molecular complexity index is 524. The standard InChI is InChI=1S/C20H31NO3/c1-4-21(20(22)13-11-16-8-6-5-7-9-16)15-17-10-12-18(23-2)19(14-17)24-3/h10,12,14,16H,4-9,11,13,15H2,1-3H3. The molecule has 1 aromatic rings. The van der Waals surface area contributed by atoms with Crippen LogP contribution in [0.3, 0.4) is 0 Å². The predicted octanol–water partition coefficient (Wildman–Crippen LogP) is 4.41. The van der Waals surface area contributed by atoms with Gasteiger partial charge in [-0.3, -0.25) is 4.79 Å². The van der Waals surface area contributed by atoms with Gasteiger partial charge in [-0.15, -0.1) is 0 Å². The van der Waals surface area contributed by atoms with E-state index < -0.39 is 0 Å². The lowest BCUT2D eigenvalue weighted by molar-refractivity contribution is -0.132. The van der Waals surface area contributed by atoms with E-state index in [1.807, 2.05) is 30.0 Å². The number of nitrogens with zero attached hydrogens (tertiary/aromatic N) is 1. The number of ether oxygens (including phenoxy) is 2. The van der Waals surface area contributed by atoms with Gasteiger partial charge in [0.25, 0.3) is 0 Å². The summed E-state index contributed by atoms with van der Waals surface area (Å²) < 4.78 is 10.6. The summed E-state index contributed by atoms with van der Waals surface area (Å²) in [5.41, 5.74) is 1.07. The molecule has 0 N–H and O–H groups in total. The van der Waals surface area contributed by atoms with Gasteiger partial charge in [0, 0.05) is 19.5 Å². The third-order valence-corrected chi connectivity index (χ3v) is 5.05. The maximum Gasteiger partial charge on any atom is 0.222 e. The van der Waals surface area contributed by atoms with Crippen LogP contribution in [0.5, 0.6) is 11.5 Å². The molecule has 2 rings (SSSR count). The maximum atomic E-state index is 12.6. The Kier molecular flexibility index (Phi) is 7.41. The molecule has 0 aromatic heterocycles. The molecule has 1 aliphatic carbocycles. The van der Waals surface area contributed by atoms with Gasteiger partial charge in [-0.25, -0.2) is 0 Å². The molecule has 134 valence electrons. The van der Waals surface area contributed by atoms with Crippen LogP contribution < -0.4 is 9.47 Å². The van der Waals surface area contributed by atoms with E-state index in [4.69, 9.17) is 9.47 Å². The van der Waals surface area contributed by atoms with Gasteiger partial charge in [0.2, 0.25) is 5.91 Å². The molecule has 0 aliphatic heterocycles. The van der Waals surface area contributed by atoms with Crippen LogP contribution in [-0.4, -0.2) is 31.6 Å². The van der Waals surface area contributed by atoms with Crippen molar-refractivity contribution >= 4 is 5.91 Å². The number of carbonyl (C=O) groups excluding carboxylic acids is 1. The lowest BCUT2D eigenvalue weighted by Gasteiger charge is -2.25. The number of carbonyl (C=O) groups is 1. The SMILES string of the molecule is CCN(Cc1ccc(OC)c(OC)c1)C(=O)CCC1CCCCC1. The van der Waals surface area contributed by atoms with Crippen LogP contribution in [0.25, 0.3) is 0 Å². The van der Waals surface area contributed by atoms with Crippen molar-refractivity contribution in [1.82, 2.24) is 4.90 Å². The first-order valence-electron chi connectivity index (χ1n) is 9.16. The Labute approximate surface area is 146 Å². The van der Waals surface area contributed by atoms with E-state index in [1.54, 1.807) is 14.2 Å². The number of hydrogen-bond acceptors (Lipinski definition) is 3. The highest BCUT2D eigenvalue weighted by atomic mass is 16.5. The molecule has 0 radical (unpaired) electrons. The minimum atomic E-state index is 0.262. The van der Waals surface area contributed by atoms with Crippen molar-refractivity contribution in [3.05, 3.63) is 23.8 Å². The third-order valence-electron chi connectivity index (χ3n) is 5.05. The van der Waals surface area contributed by atoms with Crippen molar-refractivity contribution in [1.29, 1.82) is 0 Å². The van der Waals surface area contributed by atoms with Gasteiger partial charge in [-0.05, 0) is 37.0 Å². The summed E-state index contributed by atoms with van der Waals surface area (Å²) in [6.45, 7) is 3.40. The summed E-state index contributed by atoms with van der Waals surface area (Å²) >= 11 is 0. The zero-order valence-corrected chi connectivity index (χ0v) is 15.3. The topological polar surface area (TPSA) is 38.8 Å². The molecule has 4 heteroatoms. The first-order chi connectivity index (χ1) is 11.7. The lowest BCUT2D eigenvalue weighted by Crippen LogP contribution is -2.30. The van der Waals surface area contributed by atoms with Crippen LogP contribution in [0.15, 0.2) is 18.2 Å². The first kappa shape index (κ1) is 18.6. The molecule has 0 unspecified atom stereocenters. The molecule has 1 fully saturated rings. The summed E-state index contributed by atoms with van der Waals surface area (Å²) in [4.78, 5) is 14.5. The van der Waals surface area contributed by atoms with Crippen molar-refractivity contribution in [2.45, 2.75) is 58.4 Å². The molecular formula is C20H31NO3. The molecular weight excluding hydrogens is 302 g/mol. The quantitative estimate of drug-likeness (QED) is 0.707. The second-order valence-electron chi connectivity index (χ2n) is 6.64. The van der Waals surface area contributed by atoms with Crippen LogP contribution >= 0.6 is 0 Å². The van der Waals surface area contributed by atoms with E-state index in [0.717, 1.165) is 24.4 Å². The van der Waals surface area contributed by atoms with E-state index in [9.17, 15) is 4.79 Å². The number of benzene rings is 1. The number of rotatable bonds is 8. The molecule has 0 saturated heterocycles. The smallest absolute Gasteiger partial charge is 0.222 e. The van der Waals surface area contributed by atoms with Crippen LogP contribution in [0, 0.1) is 5.92 Å². The summed E-state index contributed by atoms with van der Waals surface area (Å²) in [7, 11) is 3.26. The highest BCUT2D eigenvalue weighted by Gasteiger charge is 2.18. The minimum Gasteiger partial charge on any atom is -0.493 e. The Hall–Kier alpha value is -1.71. The van der Waals surface area contributed by atoms with Crippen LogP contribution in [0.1, 0.15) is 57.4 Å². The fraction of sp³-hybridized carbons (Fsp3) is 0.650. The van der Waals surface area contributed by atoms with Crippen LogP contribution in [0.4, 0.5) is 0 Å². The third kappa shape index (κ3) is 5.15. The normalized spacial score (nSPS) is 15.1. The van der Waals surface area contributed by atoms with Gasteiger partial charge in [-0.1, -0.05) is 38.2 Å². The Morgan fingerprint density at radius 2 is 1.83 bits per heavy atom. The molecule has 0 heterocycles. The molecule has 4 nitrogen and oxygen atoms in total. The summed E-state index contributed by atoms with van der Waals surface area (Å²) in [6, 6.07) is 5.85. The monoisotopic (exact) mass is 333 g/mol. The summed E-state index contributed by atoms with van der Waals surface area (Å²) in [5.74, 6) is 2.44.